The molecular formula is C15H14BrN5S. The molecular weight excluding hydrogens is 362 g/mol. The summed E-state index contributed by atoms with van der Waals surface area (Å²) >= 11 is 5.12. The number of halogens is 1. The molecule has 0 aliphatic carbocycles. The number of hydrogen-bond acceptors (Lipinski definition) is 5. The van der Waals surface area contributed by atoms with Gasteiger partial charge in [0, 0.05) is 52.9 Å². The molecule has 3 aromatic heterocycles. The van der Waals surface area contributed by atoms with Gasteiger partial charge in [-0.1, -0.05) is 0 Å². The lowest BCUT2D eigenvalue weighted by atomic mass is 10.0. The first kappa shape index (κ1) is 14.0. The molecule has 1 N–H and O–H groups in total. The maximum atomic E-state index is 4.85. The van der Waals surface area contributed by atoms with Crippen molar-refractivity contribution in [3.05, 3.63) is 45.3 Å². The number of hydrogen-bond donors (Lipinski definition) is 1. The predicted octanol–water partition coefficient (Wildman–Crippen LogP) is 3.11. The van der Waals surface area contributed by atoms with Crippen molar-refractivity contribution in [2.75, 3.05) is 6.54 Å². The Morgan fingerprint density at radius 1 is 1.36 bits per heavy atom. The molecule has 0 unspecified atom stereocenters. The molecule has 1 aliphatic heterocycles. The van der Waals surface area contributed by atoms with E-state index < -0.39 is 0 Å². The molecule has 0 amide bonds. The number of nitrogens with zero attached hydrogens (tertiary/aromatic N) is 4. The van der Waals surface area contributed by atoms with Gasteiger partial charge in [0.25, 0.3) is 0 Å². The zero-order chi connectivity index (χ0) is 15.1. The summed E-state index contributed by atoms with van der Waals surface area (Å²) in [6.07, 6.45) is 4.61. The van der Waals surface area contributed by atoms with E-state index in [-0.39, 0.29) is 0 Å². The maximum absolute atomic E-state index is 4.85. The highest BCUT2D eigenvalue weighted by Crippen LogP contribution is 2.31. The third kappa shape index (κ3) is 2.39. The molecule has 0 bridgehead atoms. The van der Waals surface area contributed by atoms with Crippen LogP contribution in [0.3, 0.4) is 0 Å². The summed E-state index contributed by atoms with van der Waals surface area (Å²) in [4.78, 5) is 8.85. The molecule has 0 saturated carbocycles. The molecule has 0 saturated heterocycles. The van der Waals surface area contributed by atoms with Gasteiger partial charge in [0.1, 0.15) is 0 Å². The highest BCUT2D eigenvalue weighted by Gasteiger charge is 2.23. The van der Waals surface area contributed by atoms with Gasteiger partial charge in [0.05, 0.1) is 17.1 Å². The minimum atomic E-state index is 0.835. The van der Waals surface area contributed by atoms with Gasteiger partial charge < -0.3 is 5.32 Å². The average Bonchev–Trinajstić information content (AvgIpc) is 3.11. The van der Waals surface area contributed by atoms with Gasteiger partial charge in [-0.25, -0.2) is 9.67 Å². The summed E-state index contributed by atoms with van der Waals surface area (Å²) in [5.74, 6) is 0. The molecule has 112 valence electrons. The lowest BCUT2D eigenvalue weighted by molar-refractivity contribution is 0.622. The number of pyridine rings is 1. The van der Waals surface area contributed by atoms with Crippen molar-refractivity contribution in [1.82, 2.24) is 25.1 Å². The molecule has 4 heterocycles. The fourth-order valence-electron chi connectivity index (χ4n) is 2.72. The lowest BCUT2D eigenvalue weighted by Crippen LogP contribution is -2.24. The number of fused-ring (bicyclic) bond motifs is 1. The van der Waals surface area contributed by atoms with Crippen LogP contribution in [0.1, 0.15) is 17.0 Å². The smallest absolute Gasteiger partial charge is 0.210 e. The first-order chi connectivity index (χ1) is 10.7. The Hall–Kier alpha value is -1.57. The second kappa shape index (κ2) is 5.57. The molecule has 5 nitrogen and oxygen atoms in total. The minimum absolute atomic E-state index is 0.835. The van der Waals surface area contributed by atoms with Crippen LogP contribution in [0.4, 0.5) is 0 Å². The number of aromatic nitrogens is 4. The van der Waals surface area contributed by atoms with E-state index in [1.807, 2.05) is 17.8 Å². The molecule has 3 aromatic rings. The fraction of sp³-hybridized carbons (Fsp3) is 0.267. The van der Waals surface area contributed by atoms with Crippen molar-refractivity contribution in [2.45, 2.75) is 19.9 Å². The zero-order valence-electron chi connectivity index (χ0n) is 12.0. The van der Waals surface area contributed by atoms with Gasteiger partial charge in [-0.2, -0.15) is 5.10 Å². The Morgan fingerprint density at radius 2 is 2.27 bits per heavy atom. The van der Waals surface area contributed by atoms with Crippen molar-refractivity contribution < 1.29 is 0 Å². The van der Waals surface area contributed by atoms with Crippen LogP contribution in [0.2, 0.25) is 0 Å². The van der Waals surface area contributed by atoms with E-state index in [2.05, 4.69) is 42.7 Å². The van der Waals surface area contributed by atoms with Gasteiger partial charge in [-0.3, -0.25) is 4.98 Å². The van der Waals surface area contributed by atoms with Crippen LogP contribution in [0, 0.1) is 6.92 Å². The summed E-state index contributed by atoms with van der Waals surface area (Å²) in [6, 6.07) is 2.06. The Balaban J connectivity index is 1.91. The van der Waals surface area contributed by atoms with E-state index in [9.17, 15) is 0 Å². The van der Waals surface area contributed by atoms with Crippen molar-refractivity contribution in [3.63, 3.8) is 0 Å². The van der Waals surface area contributed by atoms with Crippen LogP contribution in [-0.4, -0.2) is 26.3 Å². The van der Waals surface area contributed by atoms with Gasteiger partial charge >= 0.3 is 0 Å². The van der Waals surface area contributed by atoms with Crippen LogP contribution >= 0.6 is 27.3 Å². The molecule has 4 rings (SSSR count). The van der Waals surface area contributed by atoms with Crippen molar-refractivity contribution in [1.29, 1.82) is 0 Å². The third-order valence-corrected chi connectivity index (χ3v) is 5.06. The summed E-state index contributed by atoms with van der Waals surface area (Å²) < 4.78 is 2.96. The number of rotatable bonds is 2. The third-order valence-electron chi connectivity index (χ3n) is 3.70. The van der Waals surface area contributed by atoms with Crippen LogP contribution in [0.25, 0.3) is 16.4 Å². The van der Waals surface area contributed by atoms with E-state index in [0.717, 1.165) is 46.1 Å². The number of nitrogens with one attached hydrogen (secondary N) is 1. The Labute approximate surface area is 140 Å². The summed E-state index contributed by atoms with van der Waals surface area (Å²) in [5.41, 5.74) is 5.55. The molecule has 7 heteroatoms. The summed E-state index contributed by atoms with van der Waals surface area (Å²) in [5, 5.41) is 11.3. The first-order valence-electron chi connectivity index (χ1n) is 7.07. The summed E-state index contributed by atoms with van der Waals surface area (Å²) in [6.45, 7) is 3.82. The second-order valence-corrected chi connectivity index (χ2v) is 7.03. The lowest BCUT2D eigenvalue weighted by Gasteiger charge is -2.14. The van der Waals surface area contributed by atoms with E-state index in [1.165, 1.54) is 11.3 Å². The van der Waals surface area contributed by atoms with Gasteiger partial charge in [-0.05, 0) is 28.9 Å². The van der Waals surface area contributed by atoms with Crippen LogP contribution in [0.5, 0.6) is 0 Å². The summed E-state index contributed by atoms with van der Waals surface area (Å²) in [7, 11) is 0. The monoisotopic (exact) mass is 375 g/mol. The largest absolute Gasteiger partial charge is 0.312 e. The number of thiazole rings is 1. The van der Waals surface area contributed by atoms with E-state index >= 15 is 0 Å². The second-order valence-electron chi connectivity index (χ2n) is 5.28. The Bertz CT molecular complexity index is 838. The zero-order valence-corrected chi connectivity index (χ0v) is 14.4. The van der Waals surface area contributed by atoms with Crippen molar-refractivity contribution in [2.24, 2.45) is 0 Å². The Morgan fingerprint density at radius 3 is 3.05 bits per heavy atom. The highest BCUT2D eigenvalue weighted by molar-refractivity contribution is 9.10. The molecule has 1 aliphatic rings. The van der Waals surface area contributed by atoms with E-state index in [1.54, 1.807) is 17.5 Å². The molecule has 0 radical (unpaired) electrons. The molecule has 0 fully saturated rings. The molecule has 0 spiro atoms. The van der Waals surface area contributed by atoms with E-state index in [4.69, 9.17) is 5.10 Å². The average molecular weight is 376 g/mol. The van der Waals surface area contributed by atoms with Crippen LogP contribution in [0.15, 0.2) is 28.3 Å². The van der Waals surface area contributed by atoms with Gasteiger partial charge in [-0.15, -0.1) is 11.3 Å². The molecule has 0 aromatic carbocycles. The molecule has 0 atom stereocenters. The van der Waals surface area contributed by atoms with Gasteiger partial charge in [0.2, 0.25) is 5.13 Å². The standard InChI is InChI=1S/C15H14BrN5S/c1-9-8-22-15(19-9)21-13-2-3-17-7-12(13)14(20-21)10-4-11(16)6-18-5-10/h4-6,8,17H,2-3,7H2,1H3. The topological polar surface area (TPSA) is 55.6 Å². The fourth-order valence-corrected chi connectivity index (χ4v) is 3.86. The molecule has 22 heavy (non-hydrogen) atoms. The van der Waals surface area contributed by atoms with Crippen LogP contribution < -0.4 is 5.32 Å². The normalized spacial score (nSPS) is 14.1. The van der Waals surface area contributed by atoms with Gasteiger partial charge in [0.15, 0.2) is 0 Å². The number of aryl methyl sites for hydroxylation is 1. The predicted molar refractivity (Wildman–Crippen MR) is 90.3 cm³/mol. The highest BCUT2D eigenvalue weighted by atomic mass is 79.9. The van der Waals surface area contributed by atoms with Crippen LogP contribution in [-0.2, 0) is 13.0 Å². The SMILES string of the molecule is Cc1csc(-n2nc(-c3cncc(Br)c3)c3c2CCNC3)n1. The Kier molecular flexibility index (Phi) is 3.56. The quantitative estimate of drug-likeness (QED) is 0.747. The maximum Gasteiger partial charge on any atom is 0.210 e. The van der Waals surface area contributed by atoms with Crippen molar-refractivity contribution >= 4 is 27.3 Å². The minimum Gasteiger partial charge on any atom is -0.312 e. The van der Waals surface area contributed by atoms with E-state index in [0.29, 0.717) is 0 Å². The first-order valence-corrected chi connectivity index (χ1v) is 8.74. The van der Waals surface area contributed by atoms with Crippen molar-refractivity contribution in [3.8, 4) is 16.4 Å².